The summed E-state index contributed by atoms with van der Waals surface area (Å²) in [6.45, 7) is 0.110. The number of amides is 1. The van der Waals surface area contributed by atoms with Crippen molar-refractivity contribution in [2.24, 2.45) is 0 Å². The van der Waals surface area contributed by atoms with E-state index in [1.807, 2.05) is 0 Å². The summed E-state index contributed by atoms with van der Waals surface area (Å²) >= 11 is 0. The quantitative estimate of drug-likeness (QED) is 0.657. The van der Waals surface area contributed by atoms with E-state index in [2.05, 4.69) is 10.6 Å². The Kier molecular flexibility index (Phi) is 4.88. The first-order valence-electron chi connectivity index (χ1n) is 6.22. The SMILES string of the molecule is N#C/C(=C/Nc1cc(F)ccc1F)C(=O)NCc1ccco1. The van der Waals surface area contributed by atoms with E-state index in [0.717, 1.165) is 24.4 Å². The normalized spacial score (nSPS) is 10.9. The zero-order valence-electron chi connectivity index (χ0n) is 11.3. The Morgan fingerprint density at radius 1 is 1.36 bits per heavy atom. The minimum Gasteiger partial charge on any atom is -0.467 e. The molecule has 112 valence electrons. The molecule has 0 bridgehead atoms. The van der Waals surface area contributed by atoms with E-state index in [0.29, 0.717) is 5.76 Å². The third-order valence-corrected chi connectivity index (χ3v) is 2.67. The van der Waals surface area contributed by atoms with Gasteiger partial charge in [-0.2, -0.15) is 5.26 Å². The summed E-state index contributed by atoms with van der Waals surface area (Å²) in [7, 11) is 0. The van der Waals surface area contributed by atoms with Gasteiger partial charge in [-0.05, 0) is 24.3 Å². The van der Waals surface area contributed by atoms with Gasteiger partial charge in [0.1, 0.15) is 29.0 Å². The average molecular weight is 303 g/mol. The van der Waals surface area contributed by atoms with Crippen LogP contribution in [-0.2, 0) is 11.3 Å². The summed E-state index contributed by atoms with van der Waals surface area (Å²) in [5.74, 6) is -1.48. The zero-order valence-corrected chi connectivity index (χ0v) is 11.3. The molecule has 2 rings (SSSR count). The fourth-order valence-corrected chi connectivity index (χ4v) is 1.58. The molecule has 0 fully saturated rings. The molecule has 7 heteroatoms. The largest absolute Gasteiger partial charge is 0.467 e. The number of halogens is 2. The lowest BCUT2D eigenvalue weighted by Gasteiger charge is -2.05. The van der Waals surface area contributed by atoms with Crippen LogP contribution in [0, 0.1) is 23.0 Å². The minimum absolute atomic E-state index is 0.110. The first-order valence-corrected chi connectivity index (χ1v) is 6.22. The van der Waals surface area contributed by atoms with E-state index in [4.69, 9.17) is 9.68 Å². The molecule has 0 aliphatic rings. The van der Waals surface area contributed by atoms with Crippen LogP contribution < -0.4 is 10.6 Å². The number of nitrogens with zero attached hydrogens (tertiary/aromatic N) is 1. The lowest BCUT2D eigenvalue weighted by atomic mass is 10.2. The molecule has 22 heavy (non-hydrogen) atoms. The van der Waals surface area contributed by atoms with Crippen LogP contribution in [-0.4, -0.2) is 5.91 Å². The van der Waals surface area contributed by atoms with Crippen molar-refractivity contribution in [3.63, 3.8) is 0 Å². The predicted octanol–water partition coefficient (Wildman–Crippen LogP) is 2.69. The van der Waals surface area contributed by atoms with Crippen LogP contribution in [0.3, 0.4) is 0 Å². The number of carbonyl (C=O) groups is 1. The second-order valence-corrected chi connectivity index (χ2v) is 4.20. The van der Waals surface area contributed by atoms with E-state index in [9.17, 15) is 13.6 Å². The molecule has 0 radical (unpaired) electrons. The Morgan fingerprint density at radius 3 is 2.86 bits per heavy atom. The third kappa shape index (κ3) is 3.93. The van der Waals surface area contributed by atoms with Crippen molar-refractivity contribution in [2.75, 3.05) is 5.32 Å². The molecule has 0 unspecified atom stereocenters. The molecule has 0 aliphatic heterocycles. The summed E-state index contributed by atoms with van der Waals surface area (Å²) in [5, 5.41) is 13.8. The number of nitriles is 1. The van der Waals surface area contributed by atoms with Gasteiger partial charge in [-0.3, -0.25) is 4.79 Å². The maximum absolute atomic E-state index is 13.4. The second kappa shape index (κ2) is 7.04. The Balaban J connectivity index is 2.02. The van der Waals surface area contributed by atoms with E-state index < -0.39 is 17.5 Å². The minimum atomic E-state index is -0.703. The fraction of sp³-hybridized carbons (Fsp3) is 0.0667. The summed E-state index contributed by atoms with van der Waals surface area (Å²) < 4.78 is 31.4. The number of nitrogens with one attached hydrogen (secondary N) is 2. The molecular formula is C15H11F2N3O2. The Bertz CT molecular complexity index is 734. The van der Waals surface area contributed by atoms with Gasteiger partial charge in [-0.1, -0.05) is 0 Å². The Morgan fingerprint density at radius 2 is 2.18 bits per heavy atom. The predicted molar refractivity (Wildman–Crippen MR) is 74.2 cm³/mol. The Labute approximate surface area is 124 Å². The van der Waals surface area contributed by atoms with Gasteiger partial charge < -0.3 is 15.1 Å². The van der Waals surface area contributed by atoms with Crippen molar-refractivity contribution in [2.45, 2.75) is 6.54 Å². The molecule has 0 saturated carbocycles. The molecule has 0 atom stereocenters. The molecule has 1 heterocycles. The first kappa shape index (κ1) is 15.3. The van der Waals surface area contributed by atoms with Gasteiger partial charge in [-0.25, -0.2) is 8.78 Å². The lowest BCUT2D eigenvalue weighted by molar-refractivity contribution is -0.117. The molecule has 2 N–H and O–H groups in total. The molecule has 2 aromatic rings. The van der Waals surface area contributed by atoms with Gasteiger partial charge in [0, 0.05) is 12.3 Å². The van der Waals surface area contributed by atoms with Gasteiger partial charge >= 0.3 is 0 Å². The van der Waals surface area contributed by atoms with Crippen LogP contribution >= 0.6 is 0 Å². The highest BCUT2D eigenvalue weighted by atomic mass is 19.1. The monoisotopic (exact) mass is 303 g/mol. The molecule has 1 aromatic heterocycles. The van der Waals surface area contributed by atoms with Gasteiger partial charge in [0.15, 0.2) is 0 Å². The molecule has 0 spiro atoms. The molecule has 5 nitrogen and oxygen atoms in total. The number of hydrogen-bond donors (Lipinski definition) is 2. The summed E-state index contributed by atoms with van der Waals surface area (Å²) in [6.07, 6.45) is 2.46. The average Bonchev–Trinajstić information content (AvgIpc) is 3.02. The van der Waals surface area contributed by atoms with E-state index >= 15 is 0 Å². The lowest BCUT2D eigenvalue weighted by Crippen LogP contribution is -2.24. The standard InChI is InChI=1S/C15H11F2N3O2/c16-11-3-4-13(17)14(6-11)19-8-10(7-18)15(21)20-9-12-2-1-5-22-12/h1-6,8,19H,9H2,(H,20,21)/b10-8-. The van der Waals surface area contributed by atoms with Gasteiger partial charge in [0.05, 0.1) is 18.5 Å². The summed E-state index contributed by atoms with van der Waals surface area (Å²) in [6, 6.07) is 7.82. The number of anilines is 1. The molecule has 1 amide bonds. The molecule has 0 aliphatic carbocycles. The van der Waals surface area contributed by atoms with Crippen LogP contribution in [0.1, 0.15) is 5.76 Å². The summed E-state index contributed by atoms with van der Waals surface area (Å²) in [5.41, 5.74) is -0.457. The maximum Gasteiger partial charge on any atom is 0.263 e. The second-order valence-electron chi connectivity index (χ2n) is 4.20. The highest BCUT2D eigenvalue weighted by Gasteiger charge is 2.10. The molecule has 1 aromatic carbocycles. The van der Waals surface area contributed by atoms with Crippen LogP contribution in [0.25, 0.3) is 0 Å². The number of benzene rings is 1. The van der Waals surface area contributed by atoms with Crippen LogP contribution in [0.4, 0.5) is 14.5 Å². The van der Waals surface area contributed by atoms with Gasteiger partial charge in [0.25, 0.3) is 5.91 Å². The van der Waals surface area contributed by atoms with Crippen molar-refractivity contribution in [1.29, 1.82) is 5.26 Å². The third-order valence-electron chi connectivity index (χ3n) is 2.67. The van der Waals surface area contributed by atoms with Gasteiger partial charge in [-0.15, -0.1) is 0 Å². The van der Waals surface area contributed by atoms with E-state index in [1.165, 1.54) is 6.26 Å². The van der Waals surface area contributed by atoms with Crippen molar-refractivity contribution in [3.05, 3.63) is 65.8 Å². The highest BCUT2D eigenvalue weighted by molar-refractivity contribution is 5.97. The number of furan rings is 1. The number of rotatable bonds is 5. The van der Waals surface area contributed by atoms with Crippen LogP contribution in [0.2, 0.25) is 0 Å². The number of hydrogen-bond acceptors (Lipinski definition) is 4. The van der Waals surface area contributed by atoms with Crippen molar-refractivity contribution < 1.29 is 18.0 Å². The smallest absolute Gasteiger partial charge is 0.263 e. The van der Waals surface area contributed by atoms with Crippen molar-refractivity contribution in [3.8, 4) is 6.07 Å². The van der Waals surface area contributed by atoms with Crippen LogP contribution in [0.15, 0.2) is 52.8 Å². The molecular weight excluding hydrogens is 292 g/mol. The van der Waals surface area contributed by atoms with Crippen molar-refractivity contribution >= 4 is 11.6 Å². The molecule has 0 saturated heterocycles. The zero-order chi connectivity index (χ0) is 15.9. The highest BCUT2D eigenvalue weighted by Crippen LogP contribution is 2.15. The number of carbonyl (C=O) groups excluding carboxylic acids is 1. The van der Waals surface area contributed by atoms with E-state index in [1.54, 1.807) is 18.2 Å². The topological polar surface area (TPSA) is 78.1 Å². The van der Waals surface area contributed by atoms with Gasteiger partial charge in [0.2, 0.25) is 0 Å². The first-order chi connectivity index (χ1) is 10.6. The summed E-state index contributed by atoms with van der Waals surface area (Å²) in [4.78, 5) is 11.8. The maximum atomic E-state index is 13.4. The van der Waals surface area contributed by atoms with E-state index in [-0.39, 0.29) is 17.8 Å². The Hall–Kier alpha value is -3.14. The fourth-order valence-electron chi connectivity index (χ4n) is 1.58. The van der Waals surface area contributed by atoms with Crippen LogP contribution in [0.5, 0.6) is 0 Å². The van der Waals surface area contributed by atoms with Crippen molar-refractivity contribution in [1.82, 2.24) is 5.32 Å².